The Morgan fingerprint density at radius 1 is 1.46 bits per heavy atom. The van der Waals surface area contributed by atoms with E-state index in [1.54, 1.807) is 6.08 Å². The minimum Gasteiger partial charge on any atom is -0.395 e. The first kappa shape index (κ1) is 10.3. The van der Waals surface area contributed by atoms with Crippen LogP contribution in [0.15, 0.2) is 11.8 Å². The van der Waals surface area contributed by atoms with Gasteiger partial charge in [-0.05, 0) is 12.8 Å². The molecule has 1 N–H and O–H groups in total. The van der Waals surface area contributed by atoms with Crippen molar-refractivity contribution in [1.82, 2.24) is 4.90 Å². The molecule has 0 bridgehead atoms. The van der Waals surface area contributed by atoms with Crippen LogP contribution in [-0.4, -0.2) is 35.5 Å². The van der Waals surface area contributed by atoms with Gasteiger partial charge in [-0.3, -0.25) is 4.79 Å². The predicted octanol–water partition coefficient (Wildman–Crippen LogP) is 0.938. The second-order valence-electron chi connectivity index (χ2n) is 3.31. The number of allylic oxidation sites excluding steroid dienone is 2. The molecule has 0 atom stereocenters. The summed E-state index contributed by atoms with van der Waals surface area (Å²) < 4.78 is 0. The lowest BCUT2D eigenvalue weighted by Crippen LogP contribution is -2.26. The molecule has 1 aliphatic carbocycles. The molecular formula is C10H17NO2. The summed E-state index contributed by atoms with van der Waals surface area (Å²) in [7, 11) is 0. The van der Waals surface area contributed by atoms with Crippen LogP contribution in [0.3, 0.4) is 0 Å². The molecule has 0 fully saturated rings. The van der Waals surface area contributed by atoms with Crippen molar-refractivity contribution in [2.45, 2.75) is 26.2 Å². The van der Waals surface area contributed by atoms with Crippen LogP contribution in [0.5, 0.6) is 0 Å². The van der Waals surface area contributed by atoms with Gasteiger partial charge >= 0.3 is 0 Å². The highest BCUT2D eigenvalue weighted by molar-refractivity contribution is 5.92. The summed E-state index contributed by atoms with van der Waals surface area (Å²) in [5.74, 6) is 0.217. The van der Waals surface area contributed by atoms with Crippen LogP contribution in [0, 0.1) is 0 Å². The van der Waals surface area contributed by atoms with E-state index in [2.05, 4.69) is 11.8 Å². The third-order valence-corrected chi connectivity index (χ3v) is 2.22. The van der Waals surface area contributed by atoms with Gasteiger partial charge in [0.15, 0.2) is 5.78 Å². The van der Waals surface area contributed by atoms with E-state index in [1.165, 1.54) is 0 Å². The molecule has 1 rings (SSSR count). The minimum atomic E-state index is 0.158. The van der Waals surface area contributed by atoms with Crippen LogP contribution in [0.2, 0.25) is 0 Å². The lowest BCUT2D eigenvalue weighted by atomic mass is 10.3. The number of hydrogen-bond acceptors (Lipinski definition) is 3. The summed E-state index contributed by atoms with van der Waals surface area (Å²) in [6, 6.07) is 0. The minimum absolute atomic E-state index is 0.158. The SMILES string of the molecule is CCCN(CCO)C1=CC(=O)CC1. The van der Waals surface area contributed by atoms with E-state index in [0.717, 1.165) is 25.1 Å². The Balaban J connectivity index is 2.53. The van der Waals surface area contributed by atoms with Crippen molar-refractivity contribution >= 4 is 5.78 Å². The van der Waals surface area contributed by atoms with Gasteiger partial charge in [-0.1, -0.05) is 6.92 Å². The van der Waals surface area contributed by atoms with Gasteiger partial charge in [0.25, 0.3) is 0 Å². The Morgan fingerprint density at radius 3 is 2.69 bits per heavy atom. The van der Waals surface area contributed by atoms with Crippen molar-refractivity contribution in [1.29, 1.82) is 0 Å². The molecule has 0 radical (unpaired) electrons. The number of aliphatic hydroxyl groups excluding tert-OH is 1. The molecule has 0 aromatic carbocycles. The number of carbonyl (C=O) groups is 1. The average Bonchev–Trinajstić information content (AvgIpc) is 2.51. The molecule has 74 valence electrons. The molecule has 0 unspecified atom stereocenters. The maximum absolute atomic E-state index is 11.0. The number of ketones is 1. The summed E-state index contributed by atoms with van der Waals surface area (Å²) in [6.07, 6.45) is 4.25. The molecule has 0 saturated heterocycles. The van der Waals surface area contributed by atoms with E-state index in [0.29, 0.717) is 13.0 Å². The molecule has 3 nitrogen and oxygen atoms in total. The number of rotatable bonds is 5. The van der Waals surface area contributed by atoms with E-state index in [-0.39, 0.29) is 12.4 Å². The zero-order chi connectivity index (χ0) is 9.68. The fourth-order valence-corrected chi connectivity index (χ4v) is 1.62. The van der Waals surface area contributed by atoms with E-state index in [1.807, 2.05) is 0 Å². The lowest BCUT2D eigenvalue weighted by Gasteiger charge is -2.24. The first-order valence-corrected chi connectivity index (χ1v) is 4.87. The van der Waals surface area contributed by atoms with Crippen LogP contribution in [0.4, 0.5) is 0 Å². The summed E-state index contributed by atoms with van der Waals surface area (Å²) in [5, 5.41) is 8.84. The highest BCUT2D eigenvalue weighted by Crippen LogP contribution is 2.18. The Morgan fingerprint density at radius 2 is 2.23 bits per heavy atom. The number of hydrogen-bond donors (Lipinski definition) is 1. The van der Waals surface area contributed by atoms with Gasteiger partial charge in [-0.2, -0.15) is 0 Å². The first-order valence-electron chi connectivity index (χ1n) is 4.87. The molecular weight excluding hydrogens is 166 g/mol. The molecule has 0 spiro atoms. The Hall–Kier alpha value is -0.830. The summed E-state index contributed by atoms with van der Waals surface area (Å²) in [4.78, 5) is 13.1. The van der Waals surface area contributed by atoms with E-state index >= 15 is 0 Å². The largest absolute Gasteiger partial charge is 0.395 e. The predicted molar refractivity (Wildman–Crippen MR) is 51.3 cm³/mol. The Kier molecular flexibility index (Phi) is 3.96. The molecule has 1 aliphatic rings. The Labute approximate surface area is 79.0 Å². The molecule has 0 amide bonds. The summed E-state index contributed by atoms with van der Waals surface area (Å²) in [5.41, 5.74) is 1.10. The highest BCUT2D eigenvalue weighted by Gasteiger charge is 2.16. The smallest absolute Gasteiger partial charge is 0.157 e. The number of aliphatic hydroxyl groups is 1. The normalized spacial score (nSPS) is 16.2. The topological polar surface area (TPSA) is 40.5 Å². The van der Waals surface area contributed by atoms with Crippen LogP contribution in [0.25, 0.3) is 0 Å². The summed E-state index contributed by atoms with van der Waals surface area (Å²) in [6.45, 7) is 3.83. The lowest BCUT2D eigenvalue weighted by molar-refractivity contribution is -0.114. The summed E-state index contributed by atoms with van der Waals surface area (Å²) >= 11 is 0. The molecule has 0 saturated carbocycles. The van der Waals surface area contributed by atoms with Gasteiger partial charge in [-0.25, -0.2) is 0 Å². The molecule has 0 aromatic heterocycles. The van der Waals surface area contributed by atoms with Gasteiger partial charge in [-0.15, -0.1) is 0 Å². The van der Waals surface area contributed by atoms with Crippen LogP contribution < -0.4 is 0 Å². The monoisotopic (exact) mass is 183 g/mol. The molecule has 0 aliphatic heterocycles. The number of nitrogens with zero attached hydrogens (tertiary/aromatic N) is 1. The van der Waals surface area contributed by atoms with Crippen molar-refractivity contribution in [2.24, 2.45) is 0 Å². The highest BCUT2D eigenvalue weighted by atomic mass is 16.3. The van der Waals surface area contributed by atoms with E-state index in [4.69, 9.17) is 5.11 Å². The zero-order valence-corrected chi connectivity index (χ0v) is 8.12. The van der Waals surface area contributed by atoms with Crippen LogP contribution in [0.1, 0.15) is 26.2 Å². The van der Waals surface area contributed by atoms with Gasteiger partial charge in [0.05, 0.1) is 6.61 Å². The second kappa shape index (κ2) is 5.02. The van der Waals surface area contributed by atoms with E-state index in [9.17, 15) is 4.79 Å². The van der Waals surface area contributed by atoms with Gasteiger partial charge in [0.1, 0.15) is 0 Å². The third-order valence-electron chi connectivity index (χ3n) is 2.22. The number of carbonyl (C=O) groups excluding carboxylic acids is 1. The van der Waals surface area contributed by atoms with Crippen LogP contribution in [-0.2, 0) is 4.79 Å². The van der Waals surface area contributed by atoms with Crippen molar-refractivity contribution in [3.05, 3.63) is 11.8 Å². The second-order valence-corrected chi connectivity index (χ2v) is 3.31. The van der Waals surface area contributed by atoms with Gasteiger partial charge in [0.2, 0.25) is 0 Å². The maximum Gasteiger partial charge on any atom is 0.157 e. The Bertz CT molecular complexity index is 205. The van der Waals surface area contributed by atoms with Crippen LogP contribution >= 0.6 is 0 Å². The zero-order valence-electron chi connectivity index (χ0n) is 8.12. The fourth-order valence-electron chi connectivity index (χ4n) is 1.62. The average molecular weight is 183 g/mol. The molecule has 3 heteroatoms. The molecule has 13 heavy (non-hydrogen) atoms. The van der Waals surface area contributed by atoms with Crippen molar-refractivity contribution in [2.75, 3.05) is 19.7 Å². The van der Waals surface area contributed by atoms with Crippen molar-refractivity contribution in [3.63, 3.8) is 0 Å². The van der Waals surface area contributed by atoms with Gasteiger partial charge < -0.3 is 10.0 Å². The van der Waals surface area contributed by atoms with Crippen molar-refractivity contribution < 1.29 is 9.90 Å². The van der Waals surface area contributed by atoms with Gasteiger partial charge in [0, 0.05) is 31.3 Å². The fraction of sp³-hybridized carbons (Fsp3) is 0.700. The van der Waals surface area contributed by atoms with E-state index < -0.39 is 0 Å². The first-order chi connectivity index (χ1) is 6.27. The maximum atomic E-state index is 11.0. The molecule has 0 aromatic rings. The quantitative estimate of drug-likeness (QED) is 0.689. The van der Waals surface area contributed by atoms with Crippen molar-refractivity contribution in [3.8, 4) is 0 Å². The third kappa shape index (κ3) is 2.84. The standard InChI is InChI=1S/C10H17NO2/c1-2-5-11(6-7-12)9-3-4-10(13)8-9/h8,12H,2-7H2,1H3. The molecule has 0 heterocycles.